The van der Waals surface area contributed by atoms with Gasteiger partial charge in [0.15, 0.2) is 0 Å². The van der Waals surface area contributed by atoms with Crippen molar-refractivity contribution in [3.05, 3.63) is 35.1 Å². The van der Waals surface area contributed by atoms with Gasteiger partial charge in [0.25, 0.3) is 0 Å². The maximum Gasteiger partial charge on any atom is 0.335 e. The number of carboxylic acid groups (broad SMARTS) is 1. The summed E-state index contributed by atoms with van der Waals surface area (Å²) in [4.78, 5) is 15.2. The van der Waals surface area contributed by atoms with Crippen LogP contribution in [0, 0.1) is 5.82 Å². The van der Waals surface area contributed by atoms with E-state index in [9.17, 15) is 9.18 Å². The van der Waals surface area contributed by atoms with Crippen LogP contribution in [-0.2, 0) is 6.54 Å². The maximum absolute atomic E-state index is 13.8. The number of benzene rings is 1. The van der Waals surface area contributed by atoms with Crippen molar-refractivity contribution < 1.29 is 14.3 Å². The summed E-state index contributed by atoms with van der Waals surface area (Å²) in [6, 6.07) is 4.20. The van der Waals surface area contributed by atoms with Gasteiger partial charge in [0, 0.05) is 24.7 Å². The van der Waals surface area contributed by atoms with E-state index in [2.05, 4.69) is 16.7 Å². The van der Waals surface area contributed by atoms with Gasteiger partial charge in [-0.2, -0.15) is 0 Å². The molecular formula is C15H23FN2O2. The molecule has 0 fully saturated rings. The first-order chi connectivity index (χ1) is 9.35. The molecule has 1 atom stereocenters. The highest BCUT2D eigenvalue weighted by molar-refractivity contribution is 5.87. The second-order valence-electron chi connectivity index (χ2n) is 5.29. The van der Waals surface area contributed by atoms with Gasteiger partial charge < -0.3 is 10.0 Å². The molecule has 0 aromatic heterocycles. The zero-order chi connectivity index (χ0) is 15.3. The molecule has 0 aliphatic rings. The van der Waals surface area contributed by atoms with Crippen molar-refractivity contribution in [2.45, 2.75) is 26.4 Å². The molecule has 0 saturated heterocycles. The van der Waals surface area contributed by atoms with Crippen LogP contribution in [0.5, 0.6) is 0 Å². The van der Waals surface area contributed by atoms with Gasteiger partial charge >= 0.3 is 5.97 Å². The largest absolute Gasteiger partial charge is 0.478 e. The number of halogens is 1. The molecule has 4 nitrogen and oxygen atoms in total. The zero-order valence-corrected chi connectivity index (χ0v) is 12.6. The van der Waals surface area contributed by atoms with Gasteiger partial charge in [0.05, 0.1) is 5.56 Å². The summed E-state index contributed by atoms with van der Waals surface area (Å²) < 4.78 is 13.8. The summed E-state index contributed by atoms with van der Waals surface area (Å²) in [5, 5.41) is 8.98. The molecular weight excluding hydrogens is 259 g/mol. The van der Waals surface area contributed by atoms with Crippen molar-refractivity contribution in [1.29, 1.82) is 0 Å². The fourth-order valence-corrected chi connectivity index (χ4v) is 2.27. The topological polar surface area (TPSA) is 43.8 Å². The Labute approximate surface area is 119 Å². The number of aromatic carboxylic acids is 1. The van der Waals surface area contributed by atoms with Crippen molar-refractivity contribution in [3.8, 4) is 0 Å². The molecule has 0 aliphatic carbocycles. The average molecular weight is 282 g/mol. The van der Waals surface area contributed by atoms with Crippen LogP contribution in [0.4, 0.5) is 4.39 Å². The minimum atomic E-state index is -1.03. The maximum atomic E-state index is 13.8. The third kappa shape index (κ3) is 4.58. The molecule has 0 radical (unpaired) electrons. The highest BCUT2D eigenvalue weighted by Gasteiger charge is 2.16. The SMILES string of the molecule is CCN(Cc1cc(C(=O)O)ccc1F)C(C)CN(C)C. The Balaban J connectivity index is 2.89. The predicted octanol–water partition coefficient (Wildman–Crippen LogP) is 2.30. The lowest BCUT2D eigenvalue weighted by molar-refractivity contribution is 0.0696. The first-order valence-corrected chi connectivity index (χ1v) is 6.75. The van der Waals surface area contributed by atoms with Crippen molar-refractivity contribution in [2.24, 2.45) is 0 Å². The Kier molecular flexibility index (Phi) is 6.10. The average Bonchev–Trinajstić information content (AvgIpc) is 2.36. The summed E-state index contributed by atoms with van der Waals surface area (Å²) in [6.45, 7) is 6.17. The van der Waals surface area contributed by atoms with Crippen LogP contribution < -0.4 is 0 Å². The first kappa shape index (κ1) is 16.6. The molecule has 1 rings (SSSR count). The van der Waals surface area contributed by atoms with Crippen LogP contribution in [0.1, 0.15) is 29.8 Å². The highest BCUT2D eigenvalue weighted by Crippen LogP contribution is 2.15. The smallest absolute Gasteiger partial charge is 0.335 e. The molecule has 0 spiro atoms. The molecule has 20 heavy (non-hydrogen) atoms. The summed E-state index contributed by atoms with van der Waals surface area (Å²) in [5.41, 5.74) is 0.551. The molecule has 0 aliphatic heterocycles. The summed E-state index contributed by atoms with van der Waals surface area (Å²) >= 11 is 0. The monoisotopic (exact) mass is 282 g/mol. The Morgan fingerprint density at radius 1 is 1.40 bits per heavy atom. The number of hydrogen-bond acceptors (Lipinski definition) is 3. The molecule has 5 heteroatoms. The zero-order valence-electron chi connectivity index (χ0n) is 12.6. The number of rotatable bonds is 7. The molecule has 1 aromatic rings. The van der Waals surface area contributed by atoms with Crippen molar-refractivity contribution in [3.63, 3.8) is 0 Å². The van der Waals surface area contributed by atoms with Gasteiger partial charge in [0.1, 0.15) is 5.82 Å². The van der Waals surface area contributed by atoms with Gasteiger partial charge in [-0.1, -0.05) is 6.92 Å². The molecule has 0 saturated carbocycles. The molecule has 0 bridgehead atoms. The van der Waals surface area contributed by atoms with E-state index >= 15 is 0 Å². The van der Waals surface area contributed by atoms with E-state index in [1.807, 2.05) is 21.0 Å². The summed E-state index contributed by atoms with van der Waals surface area (Å²) in [5.74, 6) is -1.39. The number of likely N-dealkylation sites (N-methyl/N-ethyl adjacent to an activating group) is 2. The quantitative estimate of drug-likeness (QED) is 0.833. The normalized spacial score (nSPS) is 12.9. The van der Waals surface area contributed by atoms with E-state index in [0.29, 0.717) is 12.1 Å². The van der Waals surface area contributed by atoms with Gasteiger partial charge in [-0.15, -0.1) is 0 Å². The number of carboxylic acids is 1. The van der Waals surface area contributed by atoms with Gasteiger partial charge in [0.2, 0.25) is 0 Å². The van der Waals surface area contributed by atoms with Crippen molar-refractivity contribution in [2.75, 3.05) is 27.2 Å². The van der Waals surface area contributed by atoms with E-state index in [0.717, 1.165) is 13.1 Å². The Hall–Kier alpha value is -1.46. The second kappa shape index (κ2) is 7.36. The molecule has 112 valence electrons. The first-order valence-electron chi connectivity index (χ1n) is 6.75. The molecule has 0 heterocycles. The van der Waals surface area contributed by atoms with E-state index in [1.54, 1.807) is 0 Å². The minimum Gasteiger partial charge on any atom is -0.478 e. The third-order valence-corrected chi connectivity index (χ3v) is 3.33. The second-order valence-corrected chi connectivity index (χ2v) is 5.29. The van der Waals surface area contributed by atoms with Crippen LogP contribution in [0.15, 0.2) is 18.2 Å². The summed E-state index contributed by atoms with van der Waals surface area (Å²) in [7, 11) is 3.99. The van der Waals surface area contributed by atoms with Crippen LogP contribution in [0.3, 0.4) is 0 Å². The highest BCUT2D eigenvalue weighted by atomic mass is 19.1. The van der Waals surface area contributed by atoms with Gasteiger partial charge in [-0.3, -0.25) is 4.90 Å². The van der Waals surface area contributed by atoms with Crippen LogP contribution in [0.25, 0.3) is 0 Å². The van der Waals surface area contributed by atoms with Crippen molar-refractivity contribution >= 4 is 5.97 Å². The molecule has 1 unspecified atom stereocenters. The lowest BCUT2D eigenvalue weighted by Crippen LogP contribution is -2.39. The van der Waals surface area contributed by atoms with Crippen molar-refractivity contribution in [1.82, 2.24) is 9.80 Å². The Morgan fingerprint density at radius 2 is 2.05 bits per heavy atom. The van der Waals surface area contributed by atoms with Gasteiger partial charge in [-0.05, 0) is 45.8 Å². The van der Waals surface area contributed by atoms with E-state index < -0.39 is 5.97 Å². The number of hydrogen-bond donors (Lipinski definition) is 1. The summed E-state index contributed by atoms with van der Waals surface area (Å²) in [6.07, 6.45) is 0. The molecule has 1 aromatic carbocycles. The molecule has 1 N–H and O–H groups in total. The van der Waals surface area contributed by atoms with Crippen LogP contribution >= 0.6 is 0 Å². The Bertz CT molecular complexity index is 463. The number of carbonyl (C=O) groups is 1. The standard InChI is InChI=1S/C15H23FN2O2/c1-5-18(11(2)9-17(3)4)10-13-8-12(15(19)20)6-7-14(13)16/h6-8,11H,5,9-10H2,1-4H3,(H,19,20). The fourth-order valence-electron chi connectivity index (χ4n) is 2.27. The fraction of sp³-hybridized carbons (Fsp3) is 0.533. The van der Waals surface area contributed by atoms with Gasteiger partial charge in [-0.25, -0.2) is 9.18 Å². The Morgan fingerprint density at radius 3 is 2.55 bits per heavy atom. The lowest BCUT2D eigenvalue weighted by Gasteiger charge is -2.30. The number of nitrogens with zero attached hydrogens (tertiary/aromatic N) is 2. The van der Waals surface area contributed by atoms with E-state index in [4.69, 9.17) is 5.11 Å². The van der Waals surface area contributed by atoms with E-state index in [-0.39, 0.29) is 17.4 Å². The third-order valence-electron chi connectivity index (χ3n) is 3.33. The van der Waals surface area contributed by atoms with Crippen LogP contribution in [0.2, 0.25) is 0 Å². The lowest BCUT2D eigenvalue weighted by atomic mass is 10.1. The van der Waals surface area contributed by atoms with Crippen LogP contribution in [-0.4, -0.2) is 54.1 Å². The predicted molar refractivity (Wildman–Crippen MR) is 77.5 cm³/mol. The van der Waals surface area contributed by atoms with E-state index in [1.165, 1.54) is 18.2 Å². The minimum absolute atomic E-state index is 0.123. The molecule has 0 amide bonds.